The van der Waals surface area contributed by atoms with Gasteiger partial charge in [0.1, 0.15) is 0 Å². The van der Waals surface area contributed by atoms with E-state index in [-0.39, 0.29) is 0 Å². The number of pyridine rings is 1. The van der Waals surface area contributed by atoms with Crippen molar-refractivity contribution >= 4 is 0 Å². The Kier molecular flexibility index (Phi) is 6.14. The van der Waals surface area contributed by atoms with Crippen molar-refractivity contribution in [1.29, 1.82) is 0 Å². The van der Waals surface area contributed by atoms with Crippen molar-refractivity contribution in [2.75, 3.05) is 0 Å². The van der Waals surface area contributed by atoms with Crippen LogP contribution in [0.2, 0.25) is 0 Å². The molecule has 4 nitrogen and oxygen atoms in total. The lowest BCUT2D eigenvalue weighted by atomic mass is 10.0. The van der Waals surface area contributed by atoms with E-state index in [9.17, 15) is 0 Å². The summed E-state index contributed by atoms with van der Waals surface area (Å²) in [5, 5.41) is 9.33. The van der Waals surface area contributed by atoms with Crippen molar-refractivity contribution in [3.8, 4) is 50.7 Å². The molecule has 178 valence electrons. The van der Waals surface area contributed by atoms with E-state index in [1.54, 1.807) is 6.20 Å². The Labute approximate surface area is 216 Å². The highest BCUT2D eigenvalue weighted by atomic mass is 15.3. The van der Waals surface area contributed by atoms with E-state index >= 15 is 0 Å². The molecule has 0 radical (unpaired) electrons. The monoisotopic (exact) mass is 478 g/mol. The quantitative estimate of drug-likeness (QED) is 0.244. The SMILES string of the molecule is CCc1ccc(-c2nnc(-c3ccc(-c4ccccc4)cc3)n2-c2ccc(-c3cccnc3)cc2)cc1. The van der Waals surface area contributed by atoms with E-state index in [0.717, 1.165) is 46.0 Å². The van der Waals surface area contributed by atoms with E-state index in [1.165, 1.54) is 16.7 Å². The average Bonchev–Trinajstić information content (AvgIpc) is 3.43. The number of aromatic nitrogens is 4. The van der Waals surface area contributed by atoms with Crippen LogP contribution in [0.1, 0.15) is 12.5 Å². The molecule has 0 aliphatic carbocycles. The first kappa shape index (κ1) is 22.6. The van der Waals surface area contributed by atoms with Crippen LogP contribution in [0.4, 0.5) is 0 Å². The number of hydrogen-bond acceptors (Lipinski definition) is 3. The van der Waals surface area contributed by atoms with Gasteiger partial charge in [0.05, 0.1) is 0 Å². The number of aryl methyl sites for hydroxylation is 1. The molecular formula is C33H26N4. The molecule has 37 heavy (non-hydrogen) atoms. The van der Waals surface area contributed by atoms with Gasteiger partial charge in [0.15, 0.2) is 11.6 Å². The van der Waals surface area contributed by atoms with Gasteiger partial charge in [0.2, 0.25) is 0 Å². The zero-order valence-corrected chi connectivity index (χ0v) is 20.6. The van der Waals surface area contributed by atoms with Crippen LogP contribution in [-0.4, -0.2) is 19.7 Å². The second-order valence-corrected chi connectivity index (χ2v) is 8.97. The maximum absolute atomic E-state index is 4.67. The minimum Gasteiger partial charge on any atom is -0.275 e. The fourth-order valence-electron chi connectivity index (χ4n) is 4.57. The average molecular weight is 479 g/mol. The molecular weight excluding hydrogens is 452 g/mol. The van der Waals surface area contributed by atoms with Crippen molar-refractivity contribution in [3.05, 3.63) is 133 Å². The van der Waals surface area contributed by atoms with Crippen LogP contribution in [0.5, 0.6) is 0 Å². The summed E-state index contributed by atoms with van der Waals surface area (Å²) in [6, 6.07) is 40.0. The van der Waals surface area contributed by atoms with Gasteiger partial charge in [0.25, 0.3) is 0 Å². The lowest BCUT2D eigenvalue weighted by molar-refractivity contribution is 1.07. The van der Waals surface area contributed by atoms with Crippen LogP contribution < -0.4 is 0 Å². The topological polar surface area (TPSA) is 43.6 Å². The van der Waals surface area contributed by atoms with Crippen molar-refractivity contribution < 1.29 is 0 Å². The molecule has 0 aliphatic rings. The maximum Gasteiger partial charge on any atom is 0.168 e. The second kappa shape index (κ2) is 10.0. The van der Waals surface area contributed by atoms with Gasteiger partial charge >= 0.3 is 0 Å². The Morgan fingerprint density at radius 2 is 1.03 bits per heavy atom. The van der Waals surface area contributed by atoms with Crippen molar-refractivity contribution in [1.82, 2.24) is 19.7 Å². The number of nitrogens with zero attached hydrogens (tertiary/aromatic N) is 4. The second-order valence-electron chi connectivity index (χ2n) is 8.97. The predicted octanol–water partition coefficient (Wildman–Crippen LogP) is 7.89. The van der Waals surface area contributed by atoms with E-state index in [1.807, 2.05) is 18.3 Å². The lowest BCUT2D eigenvalue weighted by Crippen LogP contribution is -2.00. The van der Waals surface area contributed by atoms with Gasteiger partial charge < -0.3 is 0 Å². The van der Waals surface area contributed by atoms with Gasteiger partial charge in [0, 0.05) is 29.2 Å². The van der Waals surface area contributed by atoms with Crippen LogP contribution in [0, 0.1) is 0 Å². The molecule has 2 heterocycles. The highest BCUT2D eigenvalue weighted by Crippen LogP contribution is 2.31. The third-order valence-corrected chi connectivity index (χ3v) is 6.65. The van der Waals surface area contributed by atoms with E-state index < -0.39 is 0 Å². The first-order valence-corrected chi connectivity index (χ1v) is 12.5. The fourth-order valence-corrected chi connectivity index (χ4v) is 4.57. The van der Waals surface area contributed by atoms with Crippen LogP contribution in [0.25, 0.3) is 50.7 Å². The van der Waals surface area contributed by atoms with Crippen LogP contribution in [-0.2, 0) is 6.42 Å². The van der Waals surface area contributed by atoms with Gasteiger partial charge in [-0.25, -0.2) is 0 Å². The molecule has 6 aromatic rings. The predicted molar refractivity (Wildman–Crippen MR) is 150 cm³/mol. The zero-order chi connectivity index (χ0) is 25.0. The number of rotatable bonds is 6. The number of hydrogen-bond donors (Lipinski definition) is 0. The fraction of sp³-hybridized carbons (Fsp3) is 0.0606. The molecule has 4 heteroatoms. The van der Waals surface area contributed by atoms with Gasteiger partial charge in [-0.15, -0.1) is 10.2 Å². The highest BCUT2D eigenvalue weighted by Gasteiger charge is 2.17. The molecule has 2 aromatic heterocycles. The summed E-state index contributed by atoms with van der Waals surface area (Å²) in [4.78, 5) is 4.26. The van der Waals surface area contributed by atoms with Gasteiger partial charge in [-0.1, -0.05) is 104 Å². The Bertz CT molecular complexity index is 1600. The Morgan fingerprint density at radius 1 is 0.514 bits per heavy atom. The maximum atomic E-state index is 4.67. The first-order valence-electron chi connectivity index (χ1n) is 12.5. The smallest absolute Gasteiger partial charge is 0.168 e. The largest absolute Gasteiger partial charge is 0.275 e. The molecule has 0 bridgehead atoms. The molecule has 0 saturated heterocycles. The highest BCUT2D eigenvalue weighted by molar-refractivity contribution is 5.72. The summed E-state index contributed by atoms with van der Waals surface area (Å²) in [5.74, 6) is 1.63. The van der Waals surface area contributed by atoms with Crippen molar-refractivity contribution in [2.24, 2.45) is 0 Å². The summed E-state index contributed by atoms with van der Waals surface area (Å²) >= 11 is 0. The lowest BCUT2D eigenvalue weighted by Gasteiger charge is -2.13. The van der Waals surface area contributed by atoms with Gasteiger partial charge in [-0.05, 0) is 52.4 Å². The van der Waals surface area contributed by atoms with Crippen LogP contribution in [0.15, 0.2) is 128 Å². The molecule has 6 rings (SSSR count). The van der Waals surface area contributed by atoms with E-state index in [2.05, 4.69) is 130 Å². The van der Waals surface area contributed by atoms with Crippen LogP contribution >= 0.6 is 0 Å². The number of benzene rings is 4. The van der Waals surface area contributed by atoms with Gasteiger partial charge in [-0.2, -0.15) is 0 Å². The Hall–Kier alpha value is -4.83. The summed E-state index contributed by atoms with van der Waals surface area (Å²) in [6.07, 6.45) is 4.68. The third-order valence-electron chi connectivity index (χ3n) is 6.65. The van der Waals surface area contributed by atoms with E-state index in [0.29, 0.717) is 0 Å². The Balaban J connectivity index is 1.44. The van der Waals surface area contributed by atoms with Gasteiger partial charge in [-0.3, -0.25) is 9.55 Å². The first-order chi connectivity index (χ1) is 18.3. The van der Waals surface area contributed by atoms with Crippen molar-refractivity contribution in [2.45, 2.75) is 13.3 Å². The third kappa shape index (κ3) is 4.57. The minimum absolute atomic E-state index is 0.809. The minimum atomic E-state index is 0.809. The molecule has 0 amide bonds. The summed E-state index contributed by atoms with van der Waals surface area (Å²) in [6.45, 7) is 2.17. The molecule has 4 aromatic carbocycles. The van der Waals surface area contributed by atoms with Crippen molar-refractivity contribution in [3.63, 3.8) is 0 Å². The zero-order valence-electron chi connectivity index (χ0n) is 20.6. The summed E-state index contributed by atoms with van der Waals surface area (Å²) in [5.41, 5.74) is 8.93. The standard InChI is InChI=1S/C33H26N4/c1-2-24-10-12-28(13-11-24)32-35-36-33(29-16-14-26(15-17-29)25-7-4-3-5-8-25)37(32)31-20-18-27(19-21-31)30-9-6-22-34-23-30/h3-23H,2H2,1H3. The molecule has 0 N–H and O–H groups in total. The molecule has 0 fully saturated rings. The Morgan fingerprint density at radius 3 is 1.62 bits per heavy atom. The molecule has 0 atom stereocenters. The molecule has 0 aliphatic heterocycles. The molecule has 0 spiro atoms. The summed E-state index contributed by atoms with van der Waals surface area (Å²) in [7, 11) is 0. The normalized spacial score (nSPS) is 10.9. The molecule has 0 saturated carbocycles. The molecule has 0 unspecified atom stereocenters. The summed E-state index contributed by atoms with van der Waals surface area (Å²) < 4.78 is 2.14. The van der Waals surface area contributed by atoms with Crippen LogP contribution in [0.3, 0.4) is 0 Å². The van der Waals surface area contributed by atoms with E-state index in [4.69, 9.17) is 0 Å².